The van der Waals surface area contributed by atoms with Crippen molar-refractivity contribution in [3.63, 3.8) is 0 Å². The molecule has 3 amide bonds. The maximum absolute atomic E-state index is 13.9. The van der Waals surface area contributed by atoms with Crippen LogP contribution in [0.25, 0.3) is 22.0 Å². The minimum atomic E-state index is -0.544. The number of nitrogens with one attached hydrogen (secondary N) is 1. The predicted molar refractivity (Wildman–Crippen MR) is 154 cm³/mol. The van der Waals surface area contributed by atoms with Crippen LogP contribution in [-0.2, 0) is 35.5 Å². The van der Waals surface area contributed by atoms with Crippen molar-refractivity contribution in [2.75, 3.05) is 5.32 Å². The summed E-state index contributed by atoms with van der Waals surface area (Å²) >= 11 is 0. The molecule has 1 saturated carbocycles. The SMILES string of the molecule is CCc1cccc(NC(=O)[C@@H]2[C@H]3CC[C@H](C3)N2C(=O)Cn2cc(C(N)=O)c3cc(-c4cnn5c4CCC5)ccc32)n1. The zero-order valence-corrected chi connectivity index (χ0v) is 23.0. The highest BCUT2D eigenvalue weighted by Crippen LogP contribution is 2.43. The number of hydrogen-bond donors (Lipinski definition) is 2. The molecular formula is C31H33N7O3. The Balaban J connectivity index is 1.17. The molecule has 2 aliphatic heterocycles. The number of aromatic nitrogens is 4. The van der Waals surface area contributed by atoms with Gasteiger partial charge in [0.15, 0.2) is 0 Å². The highest BCUT2D eigenvalue weighted by molar-refractivity contribution is 6.07. The van der Waals surface area contributed by atoms with Gasteiger partial charge in [0, 0.05) is 46.6 Å². The first kappa shape index (κ1) is 25.5. The van der Waals surface area contributed by atoms with Crippen LogP contribution in [0.2, 0.25) is 0 Å². The van der Waals surface area contributed by atoms with Crippen LogP contribution in [0.15, 0.2) is 48.8 Å². The van der Waals surface area contributed by atoms with Crippen LogP contribution in [0.5, 0.6) is 0 Å². The summed E-state index contributed by atoms with van der Waals surface area (Å²) in [6.07, 6.45) is 9.00. The lowest BCUT2D eigenvalue weighted by Crippen LogP contribution is -2.51. The Bertz CT molecular complexity index is 1700. The maximum atomic E-state index is 13.9. The van der Waals surface area contributed by atoms with Crippen molar-refractivity contribution >= 4 is 34.4 Å². The summed E-state index contributed by atoms with van der Waals surface area (Å²) in [5.74, 6) is -0.245. The average Bonchev–Trinajstić information content (AvgIpc) is 3.79. The monoisotopic (exact) mass is 551 g/mol. The fourth-order valence-corrected chi connectivity index (χ4v) is 7.15. The fraction of sp³-hybridized carbons (Fsp3) is 0.387. The van der Waals surface area contributed by atoms with E-state index in [1.807, 2.05) is 48.1 Å². The van der Waals surface area contributed by atoms with Crippen LogP contribution in [0, 0.1) is 5.92 Å². The molecule has 10 nitrogen and oxygen atoms in total. The number of piperidine rings is 1. The Morgan fingerprint density at radius 3 is 2.85 bits per heavy atom. The lowest BCUT2D eigenvalue weighted by Gasteiger charge is -2.34. The van der Waals surface area contributed by atoms with Gasteiger partial charge in [0.2, 0.25) is 11.8 Å². The number of fused-ring (bicyclic) bond motifs is 4. The Hall–Kier alpha value is -4.47. The second-order valence-corrected chi connectivity index (χ2v) is 11.4. The molecule has 5 heterocycles. The third kappa shape index (κ3) is 4.29. The van der Waals surface area contributed by atoms with Crippen molar-refractivity contribution < 1.29 is 14.4 Å². The number of rotatable bonds is 7. The normalized spacial score (nSPS) is 21.0. The number of hydrogen-bond acceptors (Lipinski definition) is 5. The van der Waals surface area contributed by atoms with Gasteiger partial charge in [-0.2, -0.15) is 5.10 Å². The zero-order valence-electron chi connectivity index (χ0n) is 23.0. The number of carbonyl (C=O) groups is 3. The Kier molecular flexibility index (Phi) is 6.13. The smallest absolute Gasteiger partial charge is 0.250 e. The molecule has 7 rings (SSSR count). The van der Waals surface area contributed by atoms with Crippen LogP contribution < -0.4 is 11.1 Å². The lowest BCUT2D eigenvalue weighted by molar-refractivity contribution is -0.141. The van der Waals surface area contributed by atoms with E-state index in [2.05, 4.69) is 15.4 Å². The molecule has 0 radical (unpaired) electrons. The molecule has 0 spiro atoms. The van der Waals surface area contributed by atoms with Crippen LogP contribution in [-0.4, -0.2) is 54.0 Å². The summed E-state index contributed by atoms with van der Waals surface area (Å²) in [6.45, 7) is 2.95. The van der Waals surface area contributed by atoms with Crippen LogP contribution in [0.1, 0.15) is 54.4 Å². The summed E-state index contributed by atoms with van der Waals surface area (Å²) in [5, 5.41) is 8.17. The molecular weight excluding hydrogens is 518 g/mol. The first-order chi connectivity index (χ1) is 19.9. The number of amides is 3. The fourth-order valence-electron chi connectivity index (χ4n) is 7.15. The Labute approximate surface area is 237 Å². The van der Waals surface area contributed by atoms with E-state index in [1.54, 1.807) is 21.7 Å². The van der Waals surface area contributed by atoms with E-state index in [4.69, 9.17) is 5.73 Å². The molecule has 1 aromatic carbocycles. The number of primary amides is 1. The number of nitrogens with two attached hydrogens (primary N) is 1. The quantitative estimate of drug-likeness (QED) is 0.363. The predicted octanol–water partition coefficient (Wildman–Crippen LogP) is 3.53. The van der Waals surface area contributed by atoms with Crippen molar-refractivity contribution in [2.45, 2.75) is 70.6 Å². The molecule has 3 atom stereocenters. The van der Waals surface area contributed by atoms with Crippen LogP contribution in [0.3, 0.4) is 0 Å². The van der Waals surface area contributed by atoms with E-state index in [0.29, 0.717) is 16.8 Å². The molecule has 2 bridgehead atoms. The number of benzene rings is 1. The molecule has 3 aliphatic rings. The molecule has 210 valence electrons. The number of pyridine rings is 1. The number of aryl methyl sites for hydroxylation is 2. The van der Waals surface area contributed by atoms with Gasteiger partial charge < -0.3 is 20.5 Å². The Morgan fingerprint density at radius 1 is 1.15 bits per heavy atom. The molecule has 3 aromatic heterocycles. The third-order valence-corrected chi connectivity index (χ3v) is 9.06. The van der Waals surface area contributed by atoms with Crippen molar-refractivity contribution in [1.82, 2.24) is 24.2 Å². The lowest BCUT2D eigenvalue weighted by atomic mass is 9.97. The second-order valence-electron chi connectivity index (χ2n) is 11.4. The van der Waals surface area contributed by atoms with Crippen molar-refractivity contribution in [3.8, 4) is 11.1 Å². The van der Waals surface area contributed by atoms with Gasteiger partial charge in [0.1, 0.15) is 18.4 Å². The van der Waals surface area contributed by atoms with Crippen molar-refractivity contribution in [1.29, 1.82) is 0 Å². The molecule has 4 aromatic rings. The van der Waals surface area contributed by atoms with E-state index in [0.717, 1.165) is 67.4 Å². The van der Waals surface area contributed by atoms with Gasteiger partial charge in [0.25, 0.3) is 5.91 Å². The van der Waals surface area contributed by atoms with E-state index < -0.39 is 11.9 Å². The molecule has 1 aliphatic carbocycles. The summed E-state index contributed by atoms with van der Waals surface area (Å²) < 4.78 is 3.82. The highest BCUT2D eigenvalue weighted by atomic mass is 16.2. The van der Waals surface area contributed by atoms with Gasteiger partial charge in [-0.15, -0.1) is 0 Å². The zero-order chi connectivity index (χ0) is 28.2. The molecule has 0 unspecified atom stereocenters. The van der Waals surface area contributed by atoms with Gasteiger partial charge in [-0.1, -0.05) is 19.1 Å². The maximum Gasteiger partial charge on any atom is 0.250 e. The van der Waals surface area contributed by atoms with Gasteiger partial charge >= 0.3 is 0 Å². The number of likely N-dealkylation sites (tertiary alicyclic amines) is 1. The molecule has 2 fully saturated rings. The van der Waals surface area contributed by atoms with Crippen molar-refractivity contribution in [2.24, 2.45) is 11.7 Å². The van der Waals surface area contributed by atoms with E-state index >= 15 is 0 Å². The highest BCUT2D eigenvalue weighted by Gasteiger charge is 2.51. The van der Waals surface area contributed by atoms with Gasteiger partial charge in [-0.05, 0) is 74.3 Å². The van der Waals surface area contributed by atoms with Gasteiger partial charge in [0.05, 0.1) is 11.8 Å². The number of carbonyl (C=O) groups excluding carboxylic acids is 3. The Morgan fingerprint density at radius 2 is 2.02 bits per heavy atom. The molecule has 3 N–H and O–H groups in total. The first-order valence-electron chi connectivity index (χ1n) is 14.5. The number of anilines is 1. The van der Waals surface area contributed by atoms with Crippen molar-refractivity contribution in [3.05, 3.63) is 65.7 Å². The minimum absolute atomic E-state index is 0.0167. The van der Waals surface area contributed by atoms with Crippen LogP contribution in [0.4, 0.5) is 5.82 Å². The van der Waals surface area contributed by atoms with E-state index in [1.165, 1.54) is 5.69 Å². The summed E-state index contributed by atoms with van der Waals surface area (Å²) in [7, 11) is 0. The average molecular weight is 552 g/mol. The standard InChI is InChI=1S/C31H33N7O3/c1-2-20-5-3-7-27(34-20)35-31(41)29-19-8-10-21(13-19)38(29)28(39)17-36-16-24(30(32)40)22-14-18(9-11-25(22)36)23-15-33-37-12-4-6-26(23)37/h3,5,7,9,11,14-16,19,21,29H,2,4,6,8,10,12-13,17H2,1H3,(H2,32,40)(H,34,35,41)/t19-,21+,29-/m0/s1. The molecule has 41 heavy (non-hydrogen) atoms. The van der Waals surface area contributed by atoms with Gasteiger partial charge in [-0.25, -0.2) is 4.98 Å². The first-order valence-corrected chi connectivity index (χ1v) is 14.5. The number of nitrogens with zero attached hydrogens (tertiary/aromatic N) is 5. The third-order valence-electron chi connectivity index (χ3n) is 9.06. The topological polar surface area (TPSA) is 128 Å². The summed E-state index contributed by atoms with van der Waals surface area (Å²) in [6, 6.07) is 11.0. The van der Waals surface area contributed by atoms with E-state index in [-0.39, 0.29) is 30.3 Å². The van der Waals surface area contributed by atoms with Gasteiger partial charge in [-0.3, -0.25) is 19.1 Å². The summed E-state index contributed by atoms with van der Waals surface area (Å²) in [4.78, 5) is 46.1. The molecule has 10 heteroatoms. The second kappa shape index (κ2) is 9.87. The largest absolute Gasteiger partial charge is 0.366 e. The van der Waals surface area contributed by atoms with Crippen LogP contribution >= 0.6 is 0 Å². The van der Waals surface area contributed by atoms with E-state index in [9.17, 15) is 14.4 Å². The summed E-state index contributed by atoms with van der Waals surface area (Å²) in [5.41, 5.74) is 11.0. The minimum Gasteiger partial charge on any atom is -0.366 e. The molecule has 1 saturated heterocycles.